The maximum atomic E-state index is 14.0. The Kier molecular flexibility index (Phi) is 5.50. The number of hydrogen-bond acceptors (Lipinski definition) is 5. The van der Waals surface area contributed by atoms with Gasteiger partial charge in [0.1, 0.15) is 11.6 Å². The molecule has 29 heavy (non-hydrogen) atoms. The number of ether oxygens (including phenoxy) is 1. The molecular weight excluding hydrogens is 371 g/mol. The molecule has 0 saturated carbocycles. The van der Waals surface area contributed by atoms with Gasteiger partial charge in [0.2, 0.25) is 5.91 Å². The number of carbonyl (C=O) groups excluding carboxylic acids is 1. The van der Waals surface area contributed by atoms with E-state index in [2.05, 4.69) is 4.98 Å². The summed E-state index contributed by atoms with van der Waals surface area (Å²) in [6.07, 6.45) is 6.36. The van der Waals surface area contributed by atoms with Crippen molar-refractivity contribution in [1.29, 1.82) is 0 Å². The molecule has 7 heteroatoms. The molecule has 6 nitrogen and oxygen atoms in total. The third-order valence-electron chi connectivity index (χ3n) is 6.09. The third-order valence-corrected chi connectivity index (χ3v) is 6.09. The number of benzene rings is 1. The first-order valence-electron chi connectivity index (χ1n) is 10.2. The monoisotopic (exact) mass is 398 g/mol. The largest absolute Gasteiger partial charge is 0.381 e. The minimum absolute atomic E-state index is 0.0472. The van der Waals surface area contributed by atoms with E-state index < -0.39 is 5.41 Å². The second-order valence-electron chi connectivity index (χ2n) is 8.06. The lowest BCUT2D eigenvalue weighted by atomic mass is 9.72. The van der Waals surface area contributed by atoms with Crippen LogP contribution < -0.4 is 4.90 Å². The van der Waals surface area contributed by atoms with E-state index >= 15 is 0 Å². The molecule has 1 aromatic heterocycles. The Balaban J connectivity index is 1.69. The molecule has 2 fully saturated rings. The van der Waals surface area contributed by atoms with Crippen LogP contribution in [0.5, 0.6) is 0 Å². The van der Waals surface area contributed by atoms with Crippen molar-refractivity contribution in [2.24, 2.45) is 0 Å². The van der Waals surface area contributed by atoms with Crippen LogP contribution in [-0.2, 0) is 14.9 Å². The van der Waals surface area contributed by atoms with E-state index in [1.165, 1.54) is 12.1 Å². The third kappa shape index (κ3) is 3.71. The Morgan fingerprint density at radius 3 is 2.79 bits per heavy atom. The number of nitrogens with zero attached hydrogens (tertiary/aromatic N) is 4. The van der Waals surface area contributed by atoms with Gasteiger partial charge in [0.25, 0.3) is 0 Å². The van der Waals surface area contributed by atoms with Gasteiger partial charge in [-0.15, -0.1) is 0 Å². The van der Waals surface area contributed by atoms with Gasteiger partial charge in [-0.05, 0) is 43.4 Å². The number of amides is 1. The maximum Gasteiger partial charge on any atom is 0.233 e. The average molecular weight is 398 g/mol. The number of halogens is 1. The molecule has 2 aliphatic rings. The van der Waals surface area contributed by atoms with Crippen molar-refractivity contribution in [1.82, 2.24) is 14.9 Å². The average Bonchev–Trinajstić information content (AvgIpc) is 3.23. The second kappa shape index (κ2) is 8.06. The molecule has 0 unspecified atom stereocenters. The number of rotatable bonds is 4. The quantitative estimate of drug-likeness (QED) is 0.792. The molecule has 1 amide bonds. The highest BCUT2D eigenvalue weighted by Gasteiger charge is 2.47. The van der Waals surface area contributed by atoms with E-state index in [9.17, 15) is 9.18 Å². The Hall–Kier alpha value is -2.54. The van der Waals surface area contributed by atoms with E-state index in [0.717, 1.165) is 29.9 Å². The molecule has 0 aliphatic carbocycles. The van der Waals surface area contributed by atoms with Gasteiger partial charge in [0.15, 0.2) is 0 Å². The maximum absolute atomic E-state index is 14.0. The van der Waals surface area contributed by atoms with E-state index in [1.807, 2.05) is 30.0 Å². The summed E-state index contributed by atoms with van der Waals surface area (Å²) in [5.74, 6) is 0.502. The SMILES string of the molecule is CN(C)c1cncc([C@H]2CCCN2C(=O)C2(c3cccc(F)c3)CCOCC2)n1. The summed E-state index contributed by atoms with van der Waals surface area (Å²) in [5, 5.41) is 0. The van der Waals surface area contributed by atoms with E-state index in [1.54, 1.807) is 18.5 Å². The van der Waals surface area contributed by atoms with Crippen molar-refractivity contribution in [2.45, 2.75) is 37.1 Å². The molecule has 2 aliphatic heterocycles. The first kappa shape index (κ1) is 19.8. The smallest absolute Gasteiger partial charge is 0.233 e. The van der Waals surface area contributed by atoms with Gasteiger partial charge in [0, 0.05) is 33.9 Å². The zero-order chi connectivity index (χ0) is 20.4. The van der Waals surface area contributed by atoms with Crippen LogP contribution in [0.25, 0.3) is 0 Å². The fourth-order valence-corrected chi connectivity index (χ4v) is 4.47. The predicted octanol–water partition coefficient (Wildman–Crippen LogP) is 3.09. The van der Waals surface area contributed by atoms with Crippen LogP contribution in [-0.4, -0.2) is 54.6 Å². The molecule has 3 heterocycles. The van der Waals surface area contributed by atoms with Gasteiger partial charge in [0.05, 0.1) is 29.5 Å². The van der Waals surface area contributed by atoms with Crippen LogP contribution in [0.1, 0.15) is 43.0 Å². The molecule has 2 aromatic rings. The molecule has 0 N–H and O–H groups in total. The fraction of sp³-hybridized carbons (Fsp3) is 0.500. The first-order valence-corrected chi connectivity index (χ1v) is 10.2. The van der Waals surface area contributed by atoms with Gasteiger partial charge >= 0.3 is 0 Å². The minimum Gasteiger partial charge on any atom is -0.381 e. The standard InChI is InChI=1S/C22H27FN4O2/c1-26(2)20-15-24-14-18(25-20)19-7-4-10-27(19)21(28)22(8-11-29-12-9-22)16-5-3-6-17(23)13-16/h3,5-6,13-15,19H,4,7-12H2,1-2H3/t19-/m1/s1. The molecule has 4 rings (SSSR count). The fourth-order valence-electron chi connectivity index (χ4n) is 4.47. The highest BCUT2D eigenvalue weighted by Crippen LogP contribution is 2.41. The topological polar surface area (TPSA) is 58.6 Å². The summed E-state index contributed by atoms with van der Waals surface area (Å²) < 4.78 is 19.6. The molecule has 0 spiro atoms. The van der Waals surface area contributed by atoms with Crippen LogP contribution in [0.2, 0.25) is 0 Å². The van der Waals surface area contributed by atoms with Gasteiger partial charge in [-0.2, -0.15) is 0 Å². The van der Waals surface area contributed by atoms with Crippen LogP contribution in [0.3, 0.4) is 0 Å². The van der Waals surface area contributed by atoms with Crippen molar-refractivity contribution >= 4 is 11.7 Å². The highest BCUT2D eigenvalue weighted by atomic mass is 19.1. The predicted molar refractivity (Wildman–Crippen MR) is 108 cm³/mol. The van der Waals surface area contributed by atoms with Crippen LogP contribution in [0.15, 0.2) is 36.7 Å². The van der Waals surface area contributed by atoms with E-state index in [0.29, 0.717) is 32.6 Å². The van der Waals surface area contributed by atoms with Crippen LogP contribution in [0, 0.1) is 5.82 Å². The molecule has 2 saturated heterocycles. The van der Waals surface area contributed by atoms with Crippen LogP contribution in [0.4, 0.5) is 10.2 Å². The lowest BCUT2D eigenvalue weighted by molar-refractivity contribution is -0.142. The van der Waals surface area contributed by atoms with Crippen molar-refractivity contribution in [3.63, 3.8) is 0 Å². The normalized spacial score (nSPS) is 21.2. The first-order chi connectivity index (χ1) is 14.0. The zero-order valence-corrected chi connectivity index (χ0v) is 17.0. The lowest BCUT2D eigenvalue weighted by Gasteiger charge is -2.40. The Bertz CT molecular complexity index is 883. The molecular formula is C22H27FN4O2. The summed E-state index contributed by atoms with van der Waals surface area (Å²) >= 11 is 0. The number of aromatic nitrogens is 2. The summed E-state index contributed by atoms with van der Waals surface area (Å²) in [7, 11) is 3.85. The molecule has 1 atom stereocenters. The van der Waals surface area contributed by atoms with Crippen molar-refractivity contribution < 1.29 is 13.9 Å². The summed E-state index contributed by atoms with van der Waals surface area (Å²) in [5.41, 5.74) is 0.795. The number of likely N-dealkylation sites (tertiary alicyclic amines) is 1. The van der Waals surface area contributed by atoms with E-state index in [-0.39, 0.29) is 17.8 Å². The Morgan fingerprint density at radius 2 is 2.07 bits per heavy atom. The summed E-state index contributed by atoms with van der Waals surface area (Å²) in [6, 6.07) is 6.36. The lowest BCUT2D eigenvalue weighted by Crippen LogP contribution is -2.49. The highest BCUT2D eigenvalue weighted by molar-refractivity contribution is 5.89. The summed E-state index contributed by atoms with van der Waals surface area (Å²) in [6.45, 7) is 1.67. The number of carbonyl (C=O) groups is 1. The second-order valence-corrected chi connectivity index (χ2v) is 8.06. The van der Waals surface area contributed by atoms with Crippen molar-refractivity contribution in [3.8, 4) is 0 Å². The molecule has 154 valence electrons. The molecule has 0 radical (unpaired) electrons. The minimum atomic E-state index is -0.754. The summed E-state index contributed by atoms with van der Waals surface area (Å²) in [4.78, 5) is 26.8. The van der Waals surface area contributed by atoms with Gasteiger partial charge in [-0.1, -0.05) is 12.1 Å². The molecule has 1 aromatic carbocycles. The van der Waals surface area contributed by atoms with Gasteiger partial charge < -0.3 is 14.5 Å². The number of anilines is 1. The van der Waals surface area contributed by atoms with Crippen molar-refractivity contribution in [3.05, 3.63) is 53.7 Å². The van der Waals surface area contributed by atoms with Crippen molar-refractivity contribution in [2.75, 3.05) is 38.8 Å². The Morgan fingerprint density at radius 1 is 1.28 bits per heavy atom. The van der Waals surface area contributed by atoms with Gasteiger partial charge in [-0.3, -0.25) is 9.78 Å². The Labute approximate surface area is 170 Å². The van der Waals surface area contributed by atoms with Crippen LogP contribution >= 0.6 is 0 Å². The van der Waals surface area contributed by atoms with Gasteiger partial charge in [-0.25, -0.2) is 9.37 Å². The van der Waals surface area contributed by atoms with E-state index in [4.69, 9.17) is 9.72 Å². The number of hydrogen-bond donors (Lipinski definition) is 0. The molecule has 0 bridgehead atoms. The zero-order valence-electron chi connectivity index (χ0n) is 17.0.